The van der Waals surface area contributed by atoms with Crippen LogP contribution in [0.4, 0.5) is 0 Å². The standard InChI is InChI=1S/C9H18N2O/c1-2-9(12)11-8-6-4-3-5-7-10/h7,10H,2-6,8H2,1H3,(H,11,12). The molecule has 0 spiro atoms. The van der Waals surface area contributed by atoms with E-state index in [-0.39, 0.29) is 5.91 Å². The van der Waals surface area contributed by atoms with Gasteiger partial charge in [0.1, 0.15) is 0 Å². The number of unbranched alkanes of at least 4 members (excludes halogenated alkanes) is 3. The fourth-order valence-electron chi connectivity index (χ4n) is 0.901. The molecule has 3 nitrogen and oxygen atoms in total. The molecule has 0 atom stereocenters. The highest BCUT2D eigenvalue weighted by Gasteiger charge is 1.94. The lowest BCUT2D eigenvalue weighted by atomic mass is 10.2. The van der Waals surface area contributed by atoms with Crippen LogP contribution in [-0.2, 0) is 4.79 Å². The van der Waals surface area contributed by atoms with Crippen molar-refractivity contribution in [2.45, 2.75) is 39.0 Å². The van der Waals surface area contributed by atoms with E-state index < -0.39 is 0 Å². The summed E-state index contributed by atoms with van der Waals surface area (Å²) in [6.45, 7) is 2.63. The average molecular weight is 170 g/mol. The van der Waals surface area contributed by atoms with Crippen LogP contribution in [0.15, 0.2) is 0 Å². The minimum Gasteiger partial charge on any atom is -0.356 e. The fourth-order valence-corrected chi connectivity index (χ4v) is 0.901. The fraction of sp³-hybridized carbons (Fsp3) is 0.778. The summed E-state index contributed by atoms with van der Waals surface area (Å²) in [4.78, 5) is 10.8. The number of hydrogen-bond acceptors (Lipinski definition) is 2. The van der Waals surface area contributed by atoms with Crippen molar-refractivity contribution in [1.29, 1.82) is 5.41 Å². The smallest absolute Gasteiger partial charge is 0.219 e. The molecule has 1 amide bonds. The van der Waals surface area contributed by atoms with Crippen LogP contribution in [0.1, 0.15) is 39.0 Å². The van der Waals surface area contributed by atoms with E-state index in [0.29, 0.717) is 6.42 Å². The Bertz CT molecular complexity index is 134. The van der Waals surface area contributed by atoms with E-state index in [2.05, 4.69) is 5.32 Å². The van der Waals surface area contributed by atoms with Crippen LogP contribution in [0.25, 0.3) is 0 Å². The average Bonchev–Trinajstić information content (AvgIpc) is 2.10. The van der Waals surface area contributed by atoms with Gasteiger partial charge in [-0.05, 0) is 25.5 Å². The molecule has 2 N–H and O–H groups in total. The maximum Gasteiger partial charge on any atom is 0.219 e. The summed E-state index contributed by atoms with van der Waals surface area (Å²) in [7, 11) is 0. The zero-order chi connectivity index (χ0) is 9.23. The number of rotatable bonds is 7. The third kappa shape index (κ3) is 7.25. The Kier molecular flexibility index (Phi) is 7.65. The minimum atomic E-state index is 0.127. The lowest BCUT2D eigenvalue weighted by Gasteiger charge is -2.01. The molecule has 0 aliphatic carbocycles. The zero-order valence-corrected chi connectivity index (χ0v) is 7.73. The SMILES string of the molecule is CCC(=O)NCCCCCC=N. The largest absolute Gasteiger partial charge is 0.356 e. The summed E-state index contributed by atoms with van der Waals surface area (Å²) in [5.41, 5.74) is 0. The third-order valence-electron chi connectivity index (χ3n) is 1.67. The third-order valence-corrected chi connectivity index (χ3v) is 1.67. The van der Waals surface area contributed by atoms with Crippen molar-refractivity contribution in [1.82, 2.24) is 5.32 Å². The van der Waals surface area contributed by atoms with Gasteiger partial charge >= 0.3 is 0 Å². The van der Waals surface area contributed by atoms with Crippen molar-refractivity contribution in [3.05, 3.63) is 0 Å². The van der Waals surface area contributed by atoms with Crippen LogP contribution < -0.4 is 5.32 Å². The Morgan fingerprint density at radius 1 is 1.42 bits per heavy atom. The predicted molar refractivity (Wildman–Crippen MR) is 50.6 cm³/mol. The number of carbonyl (C=O) groups is 1. The van der Waals surface area contributed by atoms with E-state index in [0.717, 1.165) is 32.2 Å². The van der Waals surface area contributed by atoms with Crippen LogP contribution in [0.5, 0.6) is 0 Å². The molecule has 0 aromatic rings. The van der Waals surface area contributed by atoms with E-state index in [4.69, 9.17) is 5.41 Å². The molecule has 3 heteroatoms. The van der Waals surface area contributed by atoms with Gasteiger partial charge in [-0.2, -0.15) is 0 Å². The summed E-state index contributed by atoms with van der Waals surface area (Å²) < 4.78 is 0. The van der Waals surface area contributed by atoms with Crippen molar-refractivity contribution in [2.75, 3.05) is 6.54 Å². The highest BCUT2D eigenvalue weighted by molar-refractivity contribution is 5.75. The minimum absolute atomic E-state index is 0.127. The summed E-state index contributed by atoms with van der Waals surface area (Å²) in [5, 5.41) is 9.60. The van der Waals surface area contributed by atoms with E-state index in [1.54, 1.807) is 0 Å². The van der Waals surface area contributed by atoms with Crippen LogP contribution >= 0.6 is 0 Å². The Morgan fingerprint density at radius 2 is 2.17 bits per heavy atom. The Hall–Kier alpha value is -0.860. The van der Waals surface area contributed by atoms with Crippen LogP contribution in [0.3, 0.4) is 0 Å². The van der Waals surface area contributed by atoms with Gasteiger partial charge in [-0.1, -0.05) is 13.3 Å². The quantitative estimate of drug-likeness (QED) is 0.443. The second-order valence-corrected chi connectivity index (χ2v) is 2.76. The Morgan fingerprint density at radius 3 is 2.75 bits per heavy atom. The van der Waals surface area contributed by atoms with Gasteiger partial charge in [-0.3, -0.25) is 4.79 Å². The summed E-state index contributed by atoms with van der Waals surface area (Å²) in [6.07, 6.45) is 6.05. The number of hydrogen-bond donors (Lipinski definition) is 2. The number of amides is 1. The van der Waals surface area contributed by atoms with Crippen LogP contribution in [0.2, 0.25) is 0 Å². The molecular formula is C9H18N2O. The van der Waals surface area contributed by atoms with Gasteiger partial charge in [0.15, 0.2) is 0 Å². The molecule has 0 aliphatic rings. The van der Waals surface area contributed by atoms with E-state index in [9.17, 15) is 4.79 Å². The molecular weight excluding hydrogens is 152 g/mol. The van der Waals surface area contributed by atoms with Gasteiger partial charge in [-0.25, -0.2) is 0 Å². The van der Waals surface area contributed by atoms with Crippen molar-refractivity contribution in [2.24, 2.45) is 0 Å². The lowest BCUT2D eigenvalue weighted by molar-refractivity contribution is -0.120. The van der Waals surface area contributed by atoms with Crippen molar-refractivity contribution >= 4 is 12.1 Å². The normalized spacial score (nSPS) is 9.42. The second kappa shape index (κ2) is 8.24. The molecule has 0 unspecified atom stereocenters. The monoisotopic (exact) mass is 170 g/mol. The van der Waals surface area contributed by atoms with Crippen molar-refractivity contribution in [3.63, 3.8) is 0 Å². The highest BCUT2D eigenvalue weighted by Crippen LogP contribution is 1.96. The Balaban J connectivity index is 3.00. The molecule has 0 aliphatic heterocycles. The molecule has 0 saturated carbocycles. The molecule has 0 aromatic carbocycles. The van der Waals surface area contributed by atoms with E-state index in [1.165, 1.54) is 6.21 Å². The number of nitrogens with one attached hydrogen (secondary N) is 2. The number of carbonyl (C=O) groups excluding carboxylic acids is 1. The molecule has 0 fully saturated rings. The van der Waals surface area contributed by atoms with E-state index >= 15 is 0 Å². The highest BCUT2D eigenvalue weighted by atomic mass is 16.1. The van der Waals surface area contributed by atoms with Crippen molar-refractivity contribution in [3.8, 4) is 0 Å². The first-order chi connectivity index (χ1) is 5.81. The molecule has 0 rings (SSSR count). The maximum atomic E-state index is 10.8. The van der Waals surface area contributed by atoms with Gasteiger partial charge in [0, 0.05) is 13.0 Å². The Labute approximate surface area is 74.1 Å². The summed E-state index contributed by atoms with van der Waals surface area (Å²) >= 11 is 0. The first-order valence-corrected chi connectivity index (χ1v) is 4.57. The van der Waals surface area contributed by atoms with Gasteiger partial charge in [-0.15, -0.1) is 0 Å². The molecule has 70 valence electrons. The van der Waals surface area contributed by atoms with Gasteiger partial charge in [0.05, 0.1) is 0 Å². The molecule has 0 saturated heterocycles. The first kappa shape index (κ1) is 11.1. The maximum absolute atomic E-state index is 10.8. The van der Waals surface area contributed by atoms with Gasteiger partial charge < -0.3 is 10.7 Å². The zero-order valence-electron chi connectivity index (χ0n) is 7.73. The van der Waals surface area contributed by atoms with Gasteiger partial charge in [0.2, 0.25) is 5.91 Å². The predicted octanol–water partition coefficient (Wildman–Crippen LogP) is 1.72. The molecule has 0 heterocycles. The van der Waals surface area contributed by atoms with Gasteiger partial charge in [0.25, 0.3) is 0 Å². The van der Waals surface area contributed by atoms with Crippen LogP contribution in [0, 0.1) is 5.41 Å². The summed E-state index contributed by atoms with van der Waals surface area (Å²) in [5.74, 6) is 0.127. The second-order valence-electron chi connectivity index (χ2n) is 2.76. The summed E-state index contributed by atoms with van der Waals surface area (Å²) in [6, 6.07) is 0. The molecule has 0 bridgehead atoms. The molecule has 0 aromatic heterocycles. The van der Waals surface area contributed by atoms with Crippen molar-refractivity contribution < 1.29 is 4.79 Å². The van der Waals surface area contributed by atoms with Crippen LogP contribution in [-0.4, -0.2) is 18.7 Å². The first-order valence-electron chi connectivity index (χ1n) is 4.57. The molecule has 12 heavy (non-hydrogen) atoms. The lowest BCUT2D eigenvalue weighted by Crippen LogP contribution is -2.23. The van der Waals surface area contributed by atoms with E-state index in [1.807, 2.05) is 6.92 Å². The molecule has 0 radical (unpaired) electrons. The topological polar surface area (TPSA) is 53.0 Å².